The topological polar surface area (TPSA) is 66.0 Å². The van der Waals surface area contributed by atoms with Crippen LogP contribution >= 0.6 is 24.0 Å². The molecule has 1 aromatic rings. The van der Waals surface area contributed by atoms with Gasteiger partial charge < -0.3 is 20.3 Å². The monoisotopic (exact) mass is 530 g/mol. The summed E-state index contributed by atoms with van der Waals surface area (Å²) < 4.78 is 5.45. The molecule has 1 aliphatic heterocycles. The normalized spacial score (nSPS) is 15.8. The highest BCUT2D eigenvalue weighted by Crippen LogP contribution is 2.18. The van der Waals surface area contributed by atoms with Crippen molar-refractivity contribution in [1.29, 1.82) is 0 Å². The lowest BCUT2D eigenvalue weighted by Crippen LogP contribution is -2.40. The van der Waals surface area contributed by atoms with Gasteiger partial charge in [-0.3, -0.25) is 4.79 Å². The summed E-state index contributed by atoms with van der Waals surface area (Å²) >= 11 is 0. The first-order chi connectivity index (χ1) is 14.0. The van der Waals surface area contributed by atoms with E-state index in [4.69, 9.17) is 9.73 Å². The summed E-state index contributed by atoms with van der Waals surface area (Å²) in [4.78, 5) is 19.2. The highest BCUT2D eigenvalue weighted by atomic mass is 127. The number of nitrogens with zero attached hydrogens (tertiary/aromatic N) is 2. The maximum absolute atomic E-state index is 12.2. The number of halogens is 1. The second kappa shape index (κ2) is 14.6. The maximum Gasteiger partial charge on any atom is 0.251 e. The van der Waals surface area contributed by atoms with Crippen LogP contribution in [0.2, 0.25) is 0 Å². The number of ether oxygens (including phenoxy) is 1. The summed E-state index contributed by atoms with van der Waals surface area (Å²) in [5, 5.41) is 6.38. The number of aliphatic imine (C=N–C) groups is 1. The van der Waals surface area contributed by atoms with Crippen molar-refractivity contribution in [2.75, 3.05) is 33.4 Å². The quantitative estimate of drug-likeness (QED) is 0.287. The Kier molecular flexibility index (Phi) is 13.0. The molecule has 170 valence electrons. The molecule has 30 heavy (non-hydrogen) atoms. The minimum atomic E-state index is -0.0180. The SMILES string of the molecule is CCNC(=NCc1ccc(C(=O)NC(C)CC)cc1)N(C)CCC1CCOCC1.I. The minimum Gasteiger partial charge on any atom is -0.381 e. The number of rotatable bonds is 9. The van der Waals surface area contributed by atoms with E-state index in [1.54, 1.807) is 0 Å². The van der Waals surface area contributed by atoms with Crippen LogP contribution < -0.4 is 10.6 Å². The fraction of sp³-hybridized carbons (Fsp3) is 0.652. The molecule has 1 unspecified atom stereocenters. The fourth-order valence-corrected chi connectivity index (χ4v) is 3.32. The van der Waals surface area contributed by atoms with Crippen LogP contribution in [0.25, 0.3) is 0 Å². The van der Waals surface area contributed by atoms with E-state index in [-0.39, 0.29) is 35.9 Å². The molecule has 0 aromatic heterocycles. The Morgan fingerprint density at radius 2 is 1.90 bits per heavy atom. The molecule has 0 radical (unpaired) electrons. The molecule has 1 saturated heterocycles. The third-order valence-corrected chi connectivity index (χ3v) is 5.53. The van der Waals surface area contributed by atoms with Crippen LogP contribution in [0, 0.1) is 5.92 Å². The first kappa shape index (κ1) is 26.7. The van der Waals surface area contributed by atoms with E-state index < -0.39 is 0 Å². The lowest BCUT2D eigenvalue weighted by molar-refractivity contribution is 0.0625. The van der Waals surface area contributed by atoms with E-state index in [2.05, 4.69) is 36.4 Å². The average Bonchev–Trinajstić information content (AvgIpc) is 2.75. The molecule has 2 rings (SSSR count). The Balaban J connectivity index is 0.00000450. The van der Waals surface area contributed by atoms with Crippen LogP contribution in [0.5, 0.6) is 0 Å². The molecule has 1 aromatic carbocycles. The fourth-order valence-electron chi connectivity index (χ4n) is 3.32. The second-order valence-electron chi connectivity index (χ2n) is 7.92. The highest BCUT2D eigenvalue weighted by molar-refractivity contribution is 14.0. The van der Waals surface area contributed by atoms with Gasteiger partial charge >= 0.3 is 0 Å². The number of guanidine groups is 1. The minimum absolute atomic E-state index is 0. The van der Waals surface area contributed by atoms with Gasteiger partial charge in [0.05, 0.1) is 6.54 Å². The molecule has 1 atom stereocenters. The summed E-state index contributed by atoms with van der Waals surface area (Å²) in [5.74, 6) is 1.66. The van der Waals surface area contributed by atoms with Crippen LogP contribution in [0.1, 0.15) is 62.4 Å². The number of carbonyl (C=O) groups is 1. The van der Waals surface area contributed by atoms with Gasteiger partial charge in [0.25, 0.3) is 5.91 Å². The van der Waals surface area contributed by atoms with Gasteiger partial charge in [0, 0.05) is 45.0 Å². The Labute approximate surface area is 199 Å². The van der Waals surface area contributed by atoms with Gasteiger partial charge in [-0.1, -0.05) is 19.1 Å². The number of amides is 1. The van der Waals surface area contributed by atoms with Gasteiger partial charge in [-0.05, 0) is 63.1 Å². The zero-order valence-electron chi connectivity index (χ0n) is 18.9. The molecule has 0 saturated carbocycles. The number of hydrogen-bond donors (Lipinski definition) is 2. The zero-order valence-corrected chi connectivity index (χ0v) is 21.3. The predicted octanol–water partition coefficient (Wildman–Crippen LogP) is 4.05. The van der Waals surface area contributed by atoms with Gasteiger partial charge in [0.1, 0.15) is 0 Å². The molecule has 1 aliphatic rings. The Morgan fingerprint density at radius 1 is 1.23 bits per heavy atom. The summed E-state index contributed by atoms with van der Waals surface area (Å²) in [6, 6.07) is 7.92. The molecule has 6 nitrogen and oxygen atoms in total. The Bertz CT molecular complexity index is 645. The van der Waals surface area contributed by atoms with E-state index in [9.17, 15) is 4.79 Å². The van der Waals surface area contributed by atoms with E-state index in [1.807, 2.05) is 31.2 Å². The molecule has 0 spiro atoms. The van der Waals surface area contributed by atoms with Crippen LogP contribution in [-0.4, -0.2) is 56.2 Å². The lowest BCUT2D eigenvalue weighted by Gasteiger charge is -2.26. The number of benzene rings is 1. The third kappa shape index (κ3) is 9.20. The number of nitrogens with one attached hydrogen (secondary N) is 2. The molecule has 2 N–H and O–H groups in total. The highest BCUT2D eigenvalue weighted by Gasteiger charge is 2.15. The number of carbonyl (C=O) groups excluding carboxylic acids is 1. The lowest BCUT2D eigenvalue weighted by atomic mass is 9.96. The van der Waals surface area contributed by atoms with Crippen molar-refractivity contribution in [3.8, 4) is 0 Å². The van der Waals surface area contributed by atoms with Crippen LogP contribution in [0.4, 0.5) is 0 Å². The van der Waals surface area contributed by atoms with E-state index >= 15 is 0 Å². The summed E-state index contributed by atoms with van der Waals surface area (Å²) in [6.07, 6.45) is 4.43. The van der Waals surface area contributed by atoms with E-state index in [1.165, 1.54) is 19.3 Å². The van der Waals surface area contributed by atoms with E-state index in [0.717, 1.165) is 50.2 Å². The van der Waals surface area contributed by atoms with Gasteiger partial charge in [0.2, 0.25) is 0 Å². The van der Waals surface area contributed by atoms with Crippen molar-refractivity contribution in [1.82, 2.24) is 15.5 Å². The maximum atomic E-state index is 12.2. The van der Waals surface area contributed by atoms with Crippen molar-refractivity contribution in [2.24, 2.45) is 10.9 Å². The van der Waals surface area contributed by atoms with Crippen LogP contribution in [0.3, 0.4) is 0 Å². The first-order valence-electron chi connectivity index (χ1n) is 11.0. The Hall–Kier alpha value is -1.35. The van der Waals surface area contributed by atoms with Crippen LogP contribution in [-0.2, 0) is 11.3 Å². The van der Waals surface area contributed by atoms with Crippen molar-refractivity contribution >= 4 is 35.8 Å². The molecule has 1 fully saturated rings. The van der Waals surface area contributed by atoms with Crippen molar-refractivity contribution < 1.29 is 9.53 Å². The molecular weight excluding hydrogens is 491 g/mol. The predicted molar refractivity (Wildman–Crippen MR) is 135 cm³/mol. The van der Waals surface area contributed by atoms with Gasteiger partial charge in [-0.15, -0.1) is 24.0 Å². The van der Waals surface area contributed by atoms with Crippen LogP contribution in [0.15, 0.2) is 29.3 Å². The summed E-state index contributed by atoms with van der Waals surface area (Å²) in [7, 11) is 2.10. The van der Waals surface area contributed by atoms with Gasteiger partial charge in [-0.2, -0.15) is 0 Å². The van der Waals surface area contributed by atoms with Crippen molar-refractivity contribution in [2.45, 2.75) is 59.0 Å². The first-order valence-corrected chi connectivity index (χ1v) is 11.0. The Morgan fingerprint density at radius 3 is 2.50 bits per heavy atom. The molecule has 7 heteroatoms. The standard InChI is InChI=1S/C23H38N4O2.HI/c1-5-18(3)26-22(28)21-9-7-20(8-10-21)17-25-23(24-6-2)27(4)14-11-19-12-15-29-16-13-19;/h7-10,18-19H,5-6,11-17H2,1-4H3,(H,24,25)(H,26,28);1H. The van der Waals surface area contributed by atoms with Gasteiger partial charge in [0.15, 0.2) is 5.96 Å². The zero-order chi connectivity index (χ0) is 21.1. The summed E-state index contributed by atoms with van der Waals surface area (Å²) in [5.41, 5.74) is 1.79. The molecule has 1 heterocycles. The molecule has 1 amide bonds. The van der Waals surface area contributed by atoms with Gasteiger partial charge in [-0.25, -0.2) is 4.99 Å². The van der Waals surface area contributed by atoms with Crippen molar-refractivity contribution in [3.63, 3.8) is 0 Å². The van der Waals surface area contributed by atoms with E-state index in [0.29, 0.717) is 12.1 Å². The smallest absolute Gasteiger partial charge is 0.251 e. The average molecular weight is 530 g/mol. The van der Waals surface area contributed by atoms with Crippen molar-refractivity contribution in [3.05, 3.63) is 35.4 Å². The summed E-state index contributed by atoms with van der Waals surface area (Å²) in [6.45, 7) is 10.4. The largest absolute Gasteiger partial charge is 0.381 e. The number of hydrogen-bond acceptors (Lipinski definition) is 3. The molecular formula is C23H39IN4O2. The molecule has 0 aliphatic carbocycles. The second-order valence-corrected chi connectivity index (χ2v) is 7.92. The molecule has 0 bridgehead atoms. The third-order valence-electron chi connectivity index (χ3n) is 5.53.